The molecule has 0 spiro atoms. The Morgan fingerprint density at radius 3 is 2.67 bits per heavy atom. The van der Waals surface area contributed by atoms with Gasteiger partial charge < -0.3 is 4.74 Å². The first kappa shape index (κ1) is 8.99. The molecule has 1 rings (SSSR count). The first-order chi connectivity index (χ1) is 5.66. The van der Waals surface area contributed by atoms with Gasteiger partial charge in [0, 0.05) is 14.2 Å². The quantitative estimate of drug-likeness (QED) is 0.618. The average Bonchev–Trinajstić information content (AvgIpc) is 2.30. The fourth-order valence-corrected chi connectivity index (χ4v) is 0.920. The number of aromatic nitrogens is 3. The maximum Gasteiger partial charge on any atom is 0.345 e. The minimum absolute atomic E-state index is 0.0930. The van der Waals surface area contributed by atoms with E-state index >= 15 is 0 Å². The molecule has 0 N–H and O–H groups in total. The summed E-state index contributed by atoms with van der Waals surface area (Å²) in [5, 5.41) is 4.03. The van der Waals surface area contributed by atoms with Crippen molar-refractivity contribution in [1.82, 2.24) is 14.3 Å². The molecule has 0 atom stereocenters. The summed E-state index contributed by atoms with van der Waals surface area (Å²) in [6.45, 7) is 2.82. The Kier molecular flexibility index (Phi) is 2.65. The molecule has 1 aromatic heterocycles. The van der Waals surface area contributed by atoms with Crippen LogP contribution in [0, 0.1) is 6.92 Å². The van der Waals surface area contributed by atoms with E-state index in [4.69, 9.17) is 4.74 Å². The summed E-state index contributed by atoms with van der Waals surface area (Å²) in [6.07, 6.45) is 0. The lowest BCUT2D eigenvalue weighted by Crippen LogP contribution is -2.24. The zero-order chi connectivity index (χ0) is 9.14. The fourth-order valence-electron chi connectivity index (χ4n) is 0.920. The van der Waals surface area contributed by atoms with Crippen molar-refractivity contribution >= 4 is 0 Å². The predicted molar refractivity (Wildman–Crippen MR) is 44.1 cm³/mol. The zero-order valence-electron chi connectivity index (χ0n) is 7.57. The van der Waals surface area contributed by atoms with Gasteiger partial charge in [-0.1, -0.05) is 0 Å². The second-order valence-electron chi connectivity index (χ2n) is 2.60. The second-order valence-corrected chi connectivity index (χ2v) is 2.60. The zero-order valence-corrected chi connectivity index (χ0v) is 7.57. The van der Waals surface area contributed by atoms with Gasteiger partial charge in [-0.05, 0) is 6.92 Å². The van der Waals surface area contributed by atoms with Gasteiger partial charge in [0.2, 0.25) is 0 Å². The highest BCUT2D eigenvalue weighted by Gasteiger charge is 2.04. The van der Waals surface area contributed by atoms with Gasteiger partial charge in [0.1, 0.15) is 5.82 Å². The standard InChI is InChI=1S/C7H13N3O2/c1-6-8-10(4-5-12-3)7(11)9(6)2/h4-5H2,1-3H3. The third-order valence-electron chi connectivity index (χ3n) is 1.77. The first-order valence-corrected chi connectivity index (χ1v) is 3.76. The lowest BCUT2D eigenvalue weighted by atomic mass is 10.7. The SMILES string of the molecule is COCCn1nc(C)n(C)c1=O. The molecule has 68 valence electrons. The van der Waals surface area contributed by atoms with Crippen molar-refractivity contribution in [2.24, 2.45) is 7.05 Å². The second kappa shape index (κ2) is 3.53. The number of methoxy groups -OCH3 is 1. The van der Waals surface area contributed by atoms with Gasteiger partial charge in [-0.25, -0.2) is 9.48 Å². The molecule has 5 heteroatoms. The fraction of sp³-hybridized carbons (Fsp3) is 0.714. The van der Waals surface area contributed by atoms with E-state index in [9.17, 15) is 4.79 Å². The van der Waals surface area contributed by atoms with Crippen molar-refractivity contribution in [3.63, 3.8) is 0 Å². The van der Waals surface area contributed by atoms with Gasteiger partial charge in [-0.15, -0.1) is 0 Å². The number of hydrogen-bond acceptors (Lipinski definition) is 3. The molecule has 1 heterocycles. The summed E-state index contributed by atoms with van der Waals surface area (Å²) in [6, 6.07) is 0. The molecular weight excluding hydrogens is 158 g/mol. The Morgan fingerprint density at radius 1 is 1.58 bits per heavy atom. The maximum absolute atomic E-state index is 11.3. The number of rotatable bonds is 3. The van der Waals surface area contributed by atoms with Gasteiger partial charge in [-0.2, -0.15) is 5.10 Å². The van der Waals surface area contributed by atoms with Crippen LogP contribution in [-0.2, 0) is 18.3 Å². The van der Waals surface area contributed by atoms with Crippen LogP contribution in [0.4, 0.5) is 0 Å². The van der Waals surface area contributed by atoms with E-state index in [0.717, 1.165) is 5.82 Å². The van der Waals surface area contributed by atoms with Gasteiger partial charge in [-0.3, -0.25) is 4.57 Å². The molecule has 0 radical (unpaired) electrons. The van der Waals surface area contributed by atoms with Crippen LogP contribution in [0.2, 0.25) is 0 Å². The highest BCUT2D eigenvalue weighted by Crippen LogP contribution is 1.85. The minimum Gasteiger partial charge on any atom is -0.383 e. The molecule has 0 saturated heterocycles. The van der Waals surface area contributed by atoms with E-state index in [0.29, 0.717) is 13.2 Å². The number of nitrogens with zero attached hydrogens (tertiary/aromatic N) is 3. The van der Waals surface area contributed by atoms with Crippen LogP contribution in [0.1, 0.15) is 5.82 Å². The van der Waals surface area contributed by atoms with Crippen LogP contribution in [0.15, 0.2) is 4.79 Å². The number of aryl methyl sites for hydroxylation is 1. The summed E-state index contributed by atoms with van der Waals surface area (Å²) in [4.78, 5) is 11.3. The summed E-state index contributed by atoms with van der Waals surface area (Å²) in [5.41, 5.74) is -0.0930. The van der Waals surface area contributed by atoms with E-state index in [1.54, 1.807) is 21.1 Å². The molecule has 0 aromatic carbocycles. The topological polar surface area (TPSA) is 49.0 Å². The molecule has 1 aromatic rings. The molecular formula is C7H13N3O2. The Morgan fingerprint density at radius 2 is 2.25 bits per heavy atom. The Bertz CT molecular complexity index is 313. The van der Waals surface area contributed by atoms with Crippen molar-refractivity contribution in [1.29, 1.82) is 0 Å². The van der Waals surface area contributed by atoms with Crippen LogP contribution < -0.4 is 5.69 Å². The highest BCUT2D eigenvalue weighted by molar-refractivity contribution is 4.81. The van der Waals surface area contributed by atoms with Crippen molar-refractivity contribution in [2.45, 2.75) is 13.5 Å². The monoisotopic (exact) mass is 171 g/mol. The molecule has 0 aliphatic rings. The predicted octanol–water partition coefficient (Wildman–Crippen LogP) is -0.463. The Balaban J connectivity index is 2.87. The minimum atomic E-state index is -0.0930. The van der Waals surface area contributed by atoms with Crippen molar-refractivity contribution in [3.05, 3.63) is 16.3 Å². The lowest BCUT2D eigenvalue weighted by Gasteiger charge is -1.95. The van der Waals surface area contributed by atoms with Gasteiger partial charge in [0.15, 0.2) is 0 Å². The molecule has 0 unspecified atom stereocenters. The van der Waals surface area contributed by atoms with E-state index in [-0.39, 0.29) is 5.69 Å². The maximum atomic E-state index is 11.3. The molecule has 12 heavy (non-hydrogen) atoms. The van der Waals surface area contributed by atoms with Crippen LogP contribution >= 0.6 is 0 Å². The summed E-state index contributed by atoms with van der Waals surface area (Å²) < 4.78 is 7.75. The van der Waals surface area contributed by atoms with Crippen LogP contribution in [0.3, 0.4) is 0 Å². The summed E-state index contributed by atoms with van der Waals surface area (Å²) >= 11 is 0. The molecule has 0 aliphatic carbocycles. The molecule has 0 saturated carbocycles. The Labute approximate surface area is 70.6 Å². The van der Waals surface area contributed by atoms with Crippen LogP contribution in [-0.4, -0.2) is 28.1 Å². The average molecular weight is 171 g/mol. The van der Waals surface area contributed by atoms with Crippen molar-refractivity contribution < 1.29 is 4.74 Å². The van der Waals surface area contributed by atoms with Gasteiger partial charge in [0.25, 0.3) is 0 Å². The smallest absolute Gasteiger partial charge is 0.345 e. The van der Waals surface area contributed by atoms with Crippen LogP contribution in [0.5, 0.6) is 0 Å². The summed E-state index contributed by atoms with van der Waals surface area (Å²) in [5.74, 6) is 0.719. The first-order valence-electron chi connectivity index (χ1n) is 3.76. The summed E-state index contributed by atoms with van der Waals surface area (Å²) in [7, 11) is 3.30. The molecule has 0 fully saturated rings. The van der Waals surface area contributed by atoms with Gasteiger partial charge >= 0.3 is 5.69 Å². The van der Waals surface area contributed by atoms with Crippen molar-refractivity contribution in [2.75, 3.05) is 13.7 Å². The van der Waals surface area contributed by atoms with Crippen molar-refractivity contribution in [3.8, 4) is 0 Å². The van der Waals surface area contributed by atoms with E-state index in [1.807, 2.05) is 0 Å². The third-order valence-corrected chi connectivity index (χ3v) is 1.77. The largest absolute Gasteiger partial charge is 0.383 e. The van der Waals surface area contributed by atoms with Crippen LogP contribution in [0.25, 0.3) is 0 Å². The Hall–Kier alpha value is -1.10. The molecule has 0 aliphatic heterocycles. The van der Waals surface area contributed by atoms with E-state index in [2.05, 4.69) is 5.10 Å². The normalized spacial score (nSPS) is 10.6. The van der Waals surface area contributed by atoms with E-state index in [1.165, 1.54) is 9.25 Å². The third kappa shape index (κ3) is 1.55. The lowest BCUT2D eigenvalue weighted by molar-refractivity contribution is 0.182. The molecule has 5 nitrogen and oxygen atoms in total. The highest BCUT2D eigenvalue weighted by atomic mass is 16.5. The number of ether oxygens (including phenoxy) is 1. The number of hydrogen-bond donors (Lipinski definition) is 0. The van der Waals surface area contributed by atoms with Gasteiger partial charge in [0.05, 0.1) is 13.2 Å². The van der Waals surface area contributed by atoms with E-state index < -0.39 is 0 Å². The molecule has 0 amide bonds. The molecule has 0 bridgehead atoms.